The number of aryl methyl sites for hydroxylation is 1. The van der Waals surface area contributed by atoms with Crippen molar-refractivity contribution < 1.29 is 13.2 Å². The minimum Gasteiger partial charge on any atom is -0.488 e. The topological polar surface area (TPSA) is 43.4 Å². The van der Waals surface area contributed by atoms with Crippen molar-refractivity contribution >= 4 is 35.7 Å². The Morgan fingerprint density at radius 3 is 2.62 bits per heavy atom. The van der Waals surface area contributed by atoms with E-state index in [2.05, 4.69) is 22.5 Å². The van der Waals surface area contributed by atoms with Crippen LogP contribution in [0.1, 0.15) is 5.56 Å². The first-order valence-electron chi connectivity index (χ1n) is 4.32. The maximum Gasteiger partial charge on any atom is 0.261 e. The molecule has 0 aromatic heterocycles. The zero-order valence-electron chi connectivity index (χ0n) is 8.54. The zero-order chi connectivity index (χ0) is 12.3. The van der Waals surface area contributed by atoms with Crippen LogP contribution in [0.25, 0.3) is 0 Å². The Labute approximate surface area is 108 Å². The lowest BCUT2D eigenvalue weighted by Crippen LogP contribution is -1.99. The van der Waals surface area contributed by atoms with Gasteiger partial charge in [0.2, 0.25) is 0 Å². The molecule has 0 spiro atoms. The molecule has 0 aliphatic rings. The first kappa shape index (κ1) is 13.5. The van der Waals surface area contributed by atoms with E-state index in [0.29, 0.717) is 22.4 Å². The van der Waals surface area contributed by atoms with E-state index in [1.54, 1.807) is 19.1 Å². The maximum absolute atomic E-state index is 11.1. The SMILES string of the molecule is C=C(Br)COc1ccc(S(=O)(=O)Cl)c(C)c1. The highest BCUT2D eigenvalue weighted by molar-refractivity contribution is 9.11. The molecule has 3 nitrogen and oxygen atoms in total. The fourth-order valence-electron chi connectivity index (χ4n) is 1.15. The molecular formula is C10H10BrClO3S. The number of ether oxygens (including phenoxy) is 1. The molecular weight excluding hydrogens is 316 g/mol. The molecule has 0 heterocycles. The van der Waals surface area contributed by atoms with E-state index in [1.165, 1.54) is 6.07 Å². The van der Waals surface area contributed by atoms with Gasteiger partial charge in [-0.2, -0.15) is 0 Å². The molecule has 0 aliphatic heterocycles. The molecule has 0 aliphatic carbocycles. The summed E-state index contributed by atoms with van der Waals surface area (Å²) < 4.78 is 28.3. The van der Waals surface area contributed by atoms with Crippen LogP contribution in [0.5, 0.6) is 5.75 Å². The second-order valence-corrected chi connectivity index (χ2v) is 6.83. The molecule has 0 radical (unpaired) electrons. The summed E-state index contributed by atoms with van der Waals surface area (Å²) in [6, 6.07) is 4.59. The maximum atomic E-state index is 11.1. The third-order valence-corrected chi connectivity index (χ3v) is 3.52. The van der Waals surface area contributed by atoms with Gasteiger partial charge in [-0.25, -0.2) is 8.42 Å². The van der Waals surface area contributed by atoms with E-state index in [0.717, 1.165) is 0 Å². The van der Waals surface area contributed by atoms with Crippen molar-refractivity contribution in [3.8, 4) is 5.75 Å². The molecule has 88 valence electrons. The van der Waals surface area contributed by atoms with Crippen LogP contribution in [0, 0.1) is 6.92 Å². The minimum absolute atomic E-state index is 0.0965. The standard InChI is InChI=1S/C10H10BrClO3S/c1-7-5-9(15-6-8(2)11)3-4-10(7)16(12,13)14/h3-5H,2,6H2,1H3. The van der Waals surface area contributed by atoms with Gasteiger partial charge in [-0.1, -0.05) is 22.5 Å². The van der Waals surface area contributed by atoms with Crippen LogP contribution < -0.4 is 4.74 Å². The average molecular weight is 326 g/mol. The normalized spacial score (nSPS) is 11.2. The van der Waals surface area contributed by atoms with Gasteiger partial charge in [0.1, 0.15) is 12.4 Å². The van der Waals surface area contributed by atoms with Crippen molar-refractivity contribution in [2.45, 2.75) is 11.8 Å². The zero-order valence-corrected chi connectivity index (χ0v) is 11.7. The highest BCUT2D eigenvalue weighted by atomic mass is 79.9. The van der Waals surface area contributed by atoms with Crippen molar-refractivity contribution in [3.63, 3.8) is 0 Å². The first-order valence-corrected chi connectivity index (χ1v) is 7.42. The number of hydrogen-bond acceptors (Lipinski definition) is 3. The lowest BCUT2D eigenvalue weighted by atomic mass is 10.2. The molecule has 0 unspecified atom stereocenters. The minimum atomic E-state index is -3.69. The summed E-state index contributed by atoms with van der Waals surface area (Å²) in [7, 11) is 1.56. The lowest BCUT2D eigenvalue weighted by molar-refractivity contribution is 0.360. The molecule has 0 saturated heterocycles. The molecule has 0 amide bonds. The van der Waals surface area contributed by atoms with Gasteiger partial charge in [0, 0.05) is 15.2 Å². The summed E-state index contributed by atoms with van der Waals surface area (Å²) in [6.45, 7) is 5.61. The largest absolute Gasteiger partial charge is 0.488 e. The van der Waals surface area contributed by atoms with Gasteiger partial charge in [-0.3, -0.25) is 0 Å². The Balaban J connectivity index is 2.96. The van der Waals surface area contributed by atoms with Gasteiger partial charge in [-0.15, -0.1) is 0 Å². The van der Waals surface area contributed by atoms with Gasteiger partial charge in [0.05, 0.1) is 4.90 Å². The molecule has 1 aromatic carbocycles. The smallest absolute Gasteiger partial charge is 0.261 e. The van der Waals surface area contributed by atoms with Crippen LogP contribution in [-0.2, 0) is 9.05 Å². The summed E-state index contributed by atoms with van der Waals surface area (Å²) in [6.07, 6.45) is 0. The molecule has 1 rings (SSSR count). The molecule has 16 heavy (non-hydrogen) atoms. The third kappa shape index (κ3) is 3.81. The van der Waals surface area contributed by atoms with Crippen molar-refractivity contribution in [2.75, 3.05) is 6.61 Å². The van der Waals surface area contributed by atoms with Gasteiger partial charge >= 0.3 is 0 Å². The number of benzene rings is 1. The fraction of sp³-hybridized carbons (Fsp3) is 0.200. The van der Waals surface area contributed by atoms with E-state index in [1.807, 2.05) is 0 Å². The first-order chi connectivity index (χ1) is 7.30. The van der Waals surface area contributed by atoms with Crippen molar-refractivity contribution in [1.29, 1.82) is 0 Å². The number of rotatable bonds is 4. The highest BCUT2D eigenvalue weighted by Crippen LogP contribution is 2.24. The van der Waals surface area contributed by atoms with E-state index in [4.69, 9.17) is 15.4 Å². The molecule has 0 fully saturated rings. The van der Waals surface area contributed by atoms with Gasteiger partial charge in [0.15, 0.2) is 0 Å². The van der Waals surface area contributed by atoms with E-state index in [9.17, 15) is 8.42 Å². The Bertz CT molecular complexity index is 511. The summed E-state index contributed by atoms with van der Waals surface area (Å²) in [4.78, 5) is 0.0965. The van der Waals surface area contributed by atoms with Gasteiger partial charge in [-0.05, 0) is 30.7 Å². The second kappa shape index (κ2) is 5.21. The number of hydrogen-bond donors (Lipinski definition) is 0. The molecule has 1 aromatic rings. The third-order valence-electron chi connectivity index (χ3n) is 1.80. The summed E-state index contributed by atoms with van der Waals surface area (Å²) in [5.74, 6) is 0.571. The van der Waals surface area contributed by atoms with Crippen LogP contribution >= 0.6 is 26.6 Å². The van der Waals surface area contributed by atoms with Crippen molar-refractivity contribution in [3.05, 3.63) is 34.8 Å². The van der Waals surface area contributed by atoms with Crippen LogP contribution in [0.3, 0.4) is 0 Å². The predicted molar refractivity (Wildman–Crippen MR) is 67.8 cm³/mol. The number of halogens is 2. The fourth-order valence-corrected chi connectivity index (χ4v) is 2.45. The monoisotopic (exact) mass is 324 g/mol. The van der Waals surface area contributed by atoms with E-state index in [-0.39, 0.29) is 4.90 Å². The van der Waals surface area contributed by atoms with Gasteiger partial charge < -0.3 is 4.74 Å². The predicted octanol–water partition coefficient (Wildman–Crippen LogP) is 3.21. The Hall–Kier alpha value is -0.520. The molecule has 0 bridgehead atoms. The summed E-state index contributed by atoms with van der Waals surface area (Å²) >= 11 is 3.16. The second-order valence-electron chi connectivity index (χ2n) is 3.17. The summed E-state index contributed by atoms with van der Waals surface area (Å²) in [5.41, 5.74) is 0.549. The highest BCUT2D eigenvalue weighted by Gasteiger charge is 2.13. The quantitative estimate of drug-likeness (QED) is 0.798. The van der Waals surface area contributed by atoms with Crippen LogP contribution in [-0.4, -0.2) is 15.0 Å². The Morgan fingerprint density at radius 1 is 1.56 bits per heavy atom. The van der Waals surface area contributed by atoms with E-state index >= 15 is 0 Å². The van der Waals surface area contributed by atoms with Crippen LogP contribution in [0.15, 0.2) is 34.2 Å². The van der Waals surface area contributed by atoms with Crippen LogP contribution in [0.4, 0.5) is 0 Å². The molecule has 0 atom stereocenters. The van der Waals surface area contributed by atoms with Gasteiger partial charge in [0.25, 0.3) is 9.05 Å². The van der Waals surface area contributed by atoms with E-state index < -0.39 is 9.05 Å². The average Bonchev–Trinajstić information content (AvgIpc) is 2.12. The molecule has 6 heteroatoms. The summed E-state index contributed by atoms with van der Waals surface area (Å²) in [5, 5.41) is 0. The van der Waals surface area contributed by atoms with Crippen molar-refractivity contribution in [1.82, 2.24) is 0 Å². The lowest BCUT2D eigenvalue weighted by Gasteiger charge is -2.07. The Kier molecular flexibility index (Phi) is 4.41. The molecule has 0 saturated carbocycles. The van der Waals surface area contributed by atoms with Crippen LogP contribution in [0.2, 0.25) is 0 Å². The molecule has 0 N–H and O–H groups in total. The van der Waals surface area contributed by atoms with Crippen molar-refractivity contribution in [2.24, 2.45) is 0 Å². The Morgan fingerprint density at radius 2 is 2.19 bits per heavy atom.